The second-order valence-electron chi connectivity index (χ2n) is 6.16. The molecule has 0 aromatic heterocycles. The summed E-state index contributed by atoms with van der Waals surface area (Å²) < 4.78 is 0. The molecule has 21 heavy (non-hydrogen) atoms. The fraction of sp³-hybridized carbons (Fsp3) is 0.562. The van der Waals surface area contributed by atoms with Crippen molar-refractivity contribution in [2.45, 2.75) is 37.6 Å². The number of rotatable bonds is 4. The number of thiocarbonyl (C=S) groups is 1. The minimum atomic E-state index is 0.310. The maximum absolute atomic E-state index is 5.89. The van der Waals surface area contributed by atoms with Crippen LogP contribution in [0, 0.1) is 0 Å². The molecule has 1 aliphatic rings. The Labute approximate surface area is 138 Å². The lowest BCUT2D eigenvalue weighted by atomic mass is 9.80. The molecule has 2 rings (SSSR count). The van der Waals surface area contributed by atoms with Crippen LogP contribution in [0.3, 0.4) is 0 Å². The van der Waals surface area contributed by atoms with Crippen LogP contribution in [0.2, 0.25) is 5.02 Å². The number of quaternary nitrogens is 1. The summed E-state index contributed by atoms with van der Waals surface area (Å²) >= 11 is 11.3. The molecule has 0 unspecified atom stereocenters. The maximum atomic E-state index is 5.89. The third-order valence-corrected chi connectivity index (χ3v) is 5.06. The van der Waals surface area contributed by atoms with Crippen molar-refractivity contribution in [1.82, 2.24) is 5.32 Å². The molecule has 116 valence electrons. The molecule has 1 aromatic rings. The Hall–Kier alpha value is -0.840. The summed E-state index contributed by atoms with van der Waals surface area (Å²) in [5, 5.41) is 8.04. The standard InChI is InChI=1S/C16H24ClN3S/c1-20(2)16(10-4-3-5-11-16)12-18-15(21)19-14-8-6-13(17)7-9-14/h6-9H,3-5,10-12H2,1-2H3,(H2,18,19,21)/p+1. The van der Waals surface area contributed by atoms with Gasteiger partial charge in [0, 0.05) is 23.6 Å². The van der Waals surface area contributed by atoms with Crippen molar-refractivity contribution in [3.63, 3.8) is 0 Å². The predicted octanol–water partition coefficient (Wildman–Crippen LogP) is 2.47. The number of benzene rings is 1. The Balaban J connectivity index is 1.88. The van der Waals surface area contributed by atoms with E-state index in [9.17, 15) is 0 Å². The molecule has 1 aliphatic carbocycles. The van der Waals surface area contributed by atoms with E-state index in [-0.39, 0.29) is 0 Å². The van der Waals surface area contributed by atoms with Crippen LogP contribution in [0.1, 0.15) is 32.1 Å². The summed E-state index contributed by atoms with van der Waals surface area (Å²) in [7, 11) is 4.51. The smallest absolute Gasteiger partial charge is 0.171 e. The highest BCUT2D eigenvalue weighted by atomic mass is 35.5. The zero-order chi connectivity index (χ0) is 15.3. The van der Waals surface area contributed by atoms with E-state index in [2.05, 4.69) is 24.7 Å². The fourth-order valence-electron chi connectivity index (χ4n) is 3.04. The van der Waals surface area contributed by atoms with E-state index in [4.69, 9.17) is 23.8 Å². The highest BCUT2D eigenvalue weighted by Crippen LogP contribution is 2.24. The largest absolute Gasteiger partial charge is 0.356 e. The zero-order valence-corrected chi connectivity index (χ0v) is 14.4. The normalized spacial score (nSPS) is 17.5. The minimum Gasteiger partial charge on any atom is -0.356 e. The molecule has 0 bridgehead atoms. The highest BCUT2D eigenvalue weighted by molar-refractivity contribution is 7.80. The molecular formula is C16H25ClN3S+. The average molecular weight is 327 g/mol. The molecule has 0 radical (unpaired) electrons. The van der Waals surface area contributed by atoms with Crippen LogP contribution in [0.5, 0.6) is 0 Å². The van der Waals surface area contributed by atoms with Gasteiger partial charge in [-0.05, 0) is 49.3 Å². The van der Waals surface area contributed by atoms with E-state index in [0.717, 1.165) is 17.3 Å². The molecule has 0 heterocycles. The van der Waals surface area contributed by atoms with Gasteiger partial charge in [-0.3, -0.25) is 0 Å². The molecule has 0 atom stereocenters. The summed E-state index contributed by atoms with van der Waals surface area (Å²) in [6.07, 6.45) is 6.55. The van der Waals surface area contributed by atoms with E-state index in [1.807, 2.05) is 24.3 Å². The van der Waals surface area contributed by atoms with Gasteiger partial charge in [0.1, 0.15) is 5.54 Å². The number of nitrogens with one attached hydrogen (secondary N) is 3. The van der Waals surface area contributed by atoms with Crippen LogP contribution in [0.25, 0.3) is 0 Å². The van der Waals surface area contributed by atoms with E-state index < -0.39 is 0 Å². The van der Waals surface area contributed by atoms with E-state index >= 15 is 0 Å². The van der Waals surface area contributed by atoms with Gasteiger partial charge in [0.25, 0.3) is 0 Å². The molecule has 0 amide bonds. The summed E-state index contributed by atoms with van der Waals surface area (Å²) in [5.74, 6) is 0. The molecule has 3 nitrogen and oxygen atoms in total. The first-order valence-corrected chi connectivity index (χ1v) is 8.41. The molecule has 1 saturated carbocycles. The number of likely N-dealkylation sites (N-methyl/N-ethyl adjacent to an activating group) is 1. The molecule has 0 saturated heterocycles. The predicted molar refractivity (Wildman–Crippen MR) is 94.3 cm³/mol. The van der Waals surface area contributed by atoms with Gasteiger partial charge in [0.05, 0.1) is 20.6 Å². The van der Waals surface area contributed by atoms with Crippen LogP contribution in [-0.4, -0.2) is 31.3 Å². The topological polar surface area (TPSA) is 28.5 Å². The first-order valence-electron chi connectivity index (χ1n) is 7.63. The van der Waals surface area contributed by atoms with Crippen molar-refractivity contribution in [2.24, 2.45) is 0 Å². The van der Waals surface area contributed by atoms with Crippen molar-refractivity contribution in [1.29, 1.82) is 0 Å². The lowest BCUT2D eigenvalue weighted by Gasteiger charge is -2.40. The summed E-state index contributed by atoms with van der Waals surface area (Å²) in [5.41, 5.74) is 1.27. The van der Waals surface area contributed by atoms with Gasteiger partial charge in [-0.25, -0.2) is 0 Å². The molecule has 1 fully saturated rings. The van der Waals surface area contributed by atoms with Crippen molar-refractivity contribution in [3.8, 4) is 0 Å². The lowest BCUT2D eigenvalue weighted by molar-refractivity contribution is -0.916. The number of anilines is 1. The van der Waals surface area contributed by atoms with E-state index in [1.54, 1.807) is 0 Å². The number of hydrogen-bond donors (Lipinski definition) is 3. The lowest BCUT2D eigenvalue weighted by Crippen LogP contribution is -3.16. The summed E-state index contributed by atoms with van der Waals surface area (Å²) in [4.78, 5) is 1.52. The van der Waals surface area contributed by atoms with Crippen molar-refractivity contribution < 1.29 is 4.90 Å². The monoisotopic (exact) mass is 326 g/mol. The molecule has 5 heteroatoms. The Kier molecular flexibility index (Phi) is 5.85. The van der Waals surface area contributed by atoms with Crippen LogP contribution in [0.15, 0.2) is 24.3 Å². The van der Waals surface area contributed by atoms with Crippen molar-refractivity contribution >= 4 is 34.6 Å². The number of halogens is 1. The van der Waals surface area contributed by atoms with Gasteiger partial charge in [-0.2, -0.15) is 0 Å². The quantitative estimate of drug-likeness (QED) is 0.742. The minimum absolute atomic E-state index is 0.310. The summed E-state index contributed by atoms with van der Waals surface area (Å²) in [6.45, 7) is 0.925. The third-order valence-electron chi connectivity index (χ3n) is 4.56. The second kappa shape index (κ2) is 7.43. The molecular weight excluding hydrogens is 302 g/mol. The van der Waals surface area contributed by atoms with Crippen LogP contribution < -0.4 is 15.5 Å². The Bertz CT molecular complexity index is 467. The van der Waals surface area contributed by atoms with E-state index in [1.165, 1.54) is 37.0 Å². The molecule has 0 aliphatic heterocycles. The van der Waals surface area contributed by atoms with Gasteiger partial charge in [-0.1, -0.05) is 18.0 Å². The van der Waals surface area contributed by atoms with Crippen LogP contribution in [-0.2, 0) is 0 Å². The Morgan fingerprint density at radius 1 is 1.19 bits per heavy atom. The van der Waals surface area contributed by atoms with Gasteiger partial charge in [0.2, 0.25) is 0 Å². The van der Waals surface area contributed by atoms with Crippen molar-refractivity contribution in [2.75, 3.05) is 26.0 Å². The van der Waals surface area contributed by atoms with Gasteiger partial charge in [-0.15, -0.1) is 0 Å². The fourth-order valence-corrected chi connectivity index (χ4v) is 3.36. The number of hydrogen-bond acceptors (Lipinski definition) is 1. The SMILES string of the molecule is C[NH+](C)C1(CNC(=S)Nc2ccc(Cl)cc2)CCCCC1. The molecule has 1 aromatic carbocycles. The Morgan fingerprint density at radius 3 is 2.38 bits per heavy atom. The molecule has 3 N–H and O–H groups in total. The van der Waals surface area contributed by atoms with Gasteiger partial charge < -0.3 is 15.5 Å². The summed E-state index contributed by atoms with van der Waals surface area (Å²) in [6, 6.07) is 7.59. The van der Waals surface area contributed by atoms with Crippen molar-refractivity contribution in [3.05, 3.63) is 29.3 Å². The van der Waals surface area contributed by atoms with Gasteiger partial charge in [0.15, 0.2) is 5.11 Å². The highest BCUT2D eigenvalue weighted by Gasteiger charge is 2.37. The third kappa shape index (κ3) is 4.56. The first kappa shape index (κ1) is 16.5. The van der Waals surface area contributed by atoms with E-state index in [0.29, 0.717) is 10.7 Å². The second-order valence-corrected chi connectivity index (χ2v) is 7.00. The maximum Gasteiger partial charge on any atom is 0.171 e. The first-order chi connectivity index (χ1) is 10.0. The molecule has 0 spiro atoms. The van der Waals surface area contributed by atoms with Crippen LogP contribution >= 0.6 is 23.8 Å². The zero-order valence-electron chi connectivity index (χ0n) is 12.8. The average Bonchev–Trinajstić information content (AvgIpc) is 2.48. The van der Waals surface area contributed by atoms with Crippen LogP contribution in [0.4, 0.5) is 5.69 Å². The van der Waals surface area contributed by atoms with Gasteiger partial charge >= 0.3 is 0 Å². The Morgan fingerprint density at radius 2 is 1.81 bits per heavy atom.